The predicted octanol–water partition coefficient (Wildman–Crippen LogP) is 1.00. The standard InChI is InChI=1S/C14H14N2O4/c17-12-7-6-11(16-12)14(20)15-10-4-1-9(2-5-10)3-8-13(18)19/h1-5,8,11H,6-7H2,(H,15,20)(H,16,17)(H,18,19)/b8-3+/t11-/m1/s1. The molecule has 20 heavy (non-hydrogen) atoms. The number of hydrogen-bond donors (Lipinski definition) is 3. The molecule has 1 heterocycles. The molecule has 2 rings (SSSR count). The number of carbonyl (C=O) groups is 3. The number of carboxylic acid groups (broad SMARTS) is 1. The lowest BCUT2D eigenvalue weighted by Gasteiger charge is -2.10. The highest BCUT2D eigenvalue weighted by molar-refractivity contribution is 5.99. The first kappa shape index (κ1) is 13.8. The van der Waals surface area contributed by atoms with Crippen LogP contribution in [0.3, 0.4) is 0 Å². The molecule has 0 unspecified atom stereocenters. The Kier molecular flexibility index (Phi) is 4.14. The summed E-state index contributed by atoms with van der Waals surface area (Å²) in [5.41, 5.74) is 1.32. The van der Waals surface area contributed by atoms with Crippen molar-refractivity contribution in [1.29, 1.82) is 0 Å². The van der Waals surface area contributed by atoms with Crippen LogP contribution in [0.25, 0.3) is 6.08 Å². The van der Waals surface area contributed by atoms with Crippen molar-refractivity contribution in [2.45, 2.75) is 18.9 Å². The number of carbonyl (C=O) groups excluding carboxylic acids is 2. The smallest absolute Gasteiger partial charge is 0.328 e. The van der Waals surface area contributed by atoms with Gasteiger partial charge in [0, 0.05) is 18.2 Å². The molecule has 3 N–H and O–H groups in total. The van der Waals surface area contributed by atoms with Crippen LogP contribution in [0, 0.1) is 0 Å². The van der Waals surface area contributed by atoms with E-state index in [0.29, 0.717) is 18.5 Å². The van der Waals surface area contributed by atoms with E-state index in [2.05, 4.69) is 10.6 Å². The quantitative estimate of drug-likeness (QED) is 0.714. The van der Waals surface area contributed by atoms with Crippen LogP contribution in [-0.4, -0.2) is 28.9 Å². The summed E-state index contributed by atoms with van der Waals surface area (Å²) >= 11 is 0. The molecule has 1 aromatic carbocycles. The molecule has 0 saturated carbocycles. The highest BCUT2D eigenvalue weighted by Crippen LogP contribution is 2.13. The van der Waals surface area contributed by atoms with Gasteiger partial charge in [-0.15, -0.1) is 0 Å². The van der Waals surface area contributed by atoms with Crippen LogP contribution >= 0.6 is 0 Å². The zero-order valence-electron chi connectivity index (χ0n) is 10.6. The molecule has 0 radical (unpaired) electrons. The Balaban J connectivity index is 1.95. The minimum absolute atomic E-state index is 0.112. The van der Waals surface area contributed by atoms with Crippen LogP contribution in [0.1, 0.15) is 18.4 Å². The topological polar surface area (TPSA) is 95.5 Å². The predicted molar refractivity (Wildman–Crippen MR) is 72.9 cm³/mol. The van der Waals surface area contributed by atoms with E-state index in [0.717, 1.165) is 11.6 Å². The second-order valence-corrected chi connectivity index (χ2v) is 4.44. The summed E-state index contributed by atoms with van der Waals surface area (Å²) in [6.45, 7) is 0. The van der Waals surface area contributed by atoms with Crippen molar-refractivity contribution in [2.75, 3.05) is 5.32 Å². The number of amides is 2. The third-order valence-electron chi connectivity index (χ3n) is 2.91. The number of hydrogen-bond acceptors (Lipinski definition) is 3. The number of benzene rings is 1. The average molecular weight is 274 g/mol. The maximum absolute atomic E-state index is 11.8. The van der Waals surface area contributed by atoms with Crippen LogP contribution in [0.2, 0.25) is 0 Å². The third kappa shape index (κ3) is 3.68. The van der Waals surface area contributed by atoms with Gasteiger partial charge in [-0.25, -0.2) is 4.79 Å². The van der Waals surface area contributed by atoms with E-state index in [1.165, 1.54) is 6.08 Å². The SMILES string of the molecule is O=C(O)/C=C/c1ccc(NC(=O)[C@H]2CCC(=O)N2)cc1. The van der Waals surface area contributed by atoms with Gasteiger partial charge in [0.05, 0.1) is 0 Å². The fourth-order valence-electron chi connectivity index (χ4n) is 1.89. The molecule has 0 spiro atoms. The molecule has 104 valence electrons. The lowest BCUT2D eigenvalue weighted by molar-refractivity contribution is -0.131. The van der Waals surface area contributed by atoms with Gasteiger partial charge >= 0.3 is 5.97 Å². The van der Waals surface area contributed by atoms with Gasteiger partial charge in [-0.3, -0.25) is 9.59 Å². The van der Waals surface area contributed by atoms with Crippen LogP contribution in [-0.2, 0) is 14.4 Å². The first-order valence-electron chi connectivity index (χ1n) is 6.16. The van der Waals surface area contributed by atoms with Crippen LogP contribution < -0.4 is 10.6 Å². The molecule has 0 aromatic heterocycles. The lowest BCUT2D eigenvalue weighted by atomic mass is 10.1. The van der Waals surface area contributed by atoms with Gasteiger partial charge in [-0.1, -0.05) is 12.1 Å². The molecule has 1 aliphatic rings. The Labute approximate surface area is 115 Å². The molecule has 1 saturated heterocycles. The van der Waals surface area contributed by atoms with Crippen molar-refractivity contribution < 1.29 is 19.5 Å². The number of nitrogens with one attached hydrogen (secondary N) is 2. The number of carboxylic acids is 1. The van der Waals surface area contributed by atoms with Crippen molar-refractivity contribution in [3.8, 4) is 0 Å². The summed E-state index contributed by atoms with van der Waals surface area (Å²) in [6.07, 6.45) is 3.38. The minimum Gasteiger partial charge on any atom is -0.478 e. The van der Waals surface area contributed by atoms with Gasteiger partial charge < -0.3 is 15.7 Å². The van der Waals surface area contributed by atoms with Gasteiger partial charge in [0.2, 0.25) is 11.8 Å². The highest BCUT2D eigenvalue weighted by atomic mass is 16.4. The van der Waals surface area contributed by atoms with Crippen molar-refractivity contribution in [3.05, 3.63) is 35.9 Å². The number of aliphatic carboxylic acids is 1. The van der Waals surface area contributed by atoms with E-state index in [1.54, 1.807) is 24.3 Å². The molecular weight excluding hydrogens is 260 g/mol. The zero-order valence-corrected chi connectivity index (χ0v) is 10.6. The lowest BCUT2D eigenvalue weighted by Crippen LogP contribution is -2.37. The van der Waals surface area contributed by atoms with E-state index in [1.807, 2.05) is 0 Å². The highest BCUT2D eigenvalue weighted by Gasteiger charge is 2.26. The monoisotopic (exact) mass is 274 g/mol. The molecule has 2 amide bonds. The van der Waals surface area contributed by atoms with Crippen LogP contribution in [0.15, 0.2) is 30.3 Å². The maximum Gasteiger partial charge on any atom is 0.328 e. The fraction of sp³-hybridized carbons (Fsp3) is 0.214. The molecule has 1 atom stereocenters. The zero-order chi connectivity index (χ0) is 14.5. The molecule has 6 nitrogen and oxygen atoms in total. The number of rotatable bonds is 4. The molecular formula is C14H14N2O4. The minimum atomic E-state index is -1.01. The van der Waals surface area contributed by atoms with Crippen LogP contribution in [0.4, 0.5) is 5.69 Å². The summed E-state index contributed by atoms with van der Waals surface area (Å²) in [7, 11) is 0. The molecule has 1 aliphatic heterocycles. The third-order valence-corrected chi connectivity index (χ3v) is 2.91. The molecule has 0 aliphatic carbocycles. The molecule has 1 fully saturated rings. The van der Waals surface area contributed by atoms with Gasteiger partial charge in [0.15, 0.2) is 0 Å². The van der Waals surface area contributed by atoms with E-state index in [9.17, 15) is 14.4 Å². The van der Waals surface area contributed by atoms with Crippen molar-refractivity contribution in [3.63, 3.8) is 0 Å². The molecule has 1 aromatic rings. The summed E-state index contributed by atoms with van der Waals surface area (Å²) in [4.78, 5) is 33.3. The van der Waals surface area contributed by atoms with Crippen molar-refractivity contribution in [1.82, 2.24) is 5.32 Å². The summed E-state index contributed by atoms with van der Waals surface area (Å²) in [6, 6.07) is 6.27. The van der Waals surface area contributed by atoms with Crippen molar-refractivity contribution in [2.24, 2.45) is 0 Å². The largest absolute Gasteiger partial charge is 0.478 e. The van der Waals surface area contributed by atoms with Gasteiger partial charge in [-0.05, 0) is 30.2 Å². The first-order valence-corrected chi connectivity index (χ1v) is 6.16. The second kappa shape index (κ2) is 6.01. The Morgan fingerprint density at radius 1 is 1.30 bits per heavy atom. The van der Waals surface area contributed by atoms with Crippen LogP contribution in [0.5, 0.6) is 0 Å². The summed E-state index contributed by atoms with van der Waals surface area (Å²) < 4.78 is 0. The van der Waals surface area contributed by atoms with Gasteiger partial charge in [0.25, 0.3) is 0 Å². The van der Waals surface area contributed by atoms with Crippen molar-refractivity contribution >= 4 is 29.5 Å². The summed E-state index contributed by atoms with van der Waals surface area (Å²) in [5.74, 6) is -1.37. The van der Waals surface area contributed by atoms with E-state index >= 15 is 0 Å². The Morgan fingerprint density at radius 3 is 2.55 bits per heavy atom. The second-order valence-electron chi connectivity index (χ2n) is 4.44. The number of anilines is 1. The fourth-order valence-corrected chi connectivity index (χ4v) is 1.89. The van der Waals surface area contributed by atoms with Gasteiger partial charge in [0.1, 0.15) is 6.04 Å². The van der Waals surface area contributed by atoms with Gasteiger partial charge in [-0.2, -0.15) is 0 Å². The van der Waals surface area contributed by atoms with E-state index in [4.69, 9.17) is 5.11 Å². The first-order chi connectivity index (χ1) is 9.54. The van der Waals surface area contributed by atoms with E-state index in [-0.39, 0.29) is 11.8 Å². The average Bonchev–Trinajstić information content (AvgIpc) is 2.85. The normalized spacial score (nSPS) is 18.0. The molecule has 0 bridgehead atoms. The Bertz CT molecular complexity index is 563. The Hall–Kier alpha value is -2.63. The summed E-state index contributed by atoms with van der Waals surface area (Å²) in [5, 5.41) is 13.8. The Morgan fingerprint density at radius 2 is 2.00 bits per heavy atom. The van der Waals surface area contributed by atoms with E-state index < -0.39 is 12.0 Å². The maximum atomic E-state index is 11.8. The molecule has 6 heteroatoms.